The number of benzene rings is 2. The number of esters is 1. The molecule has 1 unspecified atom stereocenters. The number of carbonyl (C=O) groups is 2. The average molecular weight is 497 g/mol. The summed E-state index contributed by atoms with van der Waals surface area (Å²) in [5, 5.41) is 11.9. The van der Waals surface area contributed by atoms with E-state index < -0.39 is 12.1 Å². The Balaban J connectivity index is 1.38. The number of halogens is 1. The molecule has 35 heavy (non-hydrogen) atoms. The van der Waals surface area contributed by atoms with Gasteiger partial charge in [-0.1, -0.05) is 49.2 Å². The number of ether oxygens (including phenoxy) is 1. The Morgan fingerprint density at radius 3 is 2.51 bits per heavy atom. The van der Waals surface area contributed by atoms with Crippen molar-refractivity contribution in [3.05, 3.63) is 60.4 Å². The molecule has 0 radical (unpaired) electrons. The zero-order chi connectivity index (χ0) is 24.6. The molecule has 7 nitrogen and oxygen atoms in total. The van der Waals surface area contributed by atoms with Crippen LogP contribution in [0.5, 0.6) is 0 Å². The highest BCUT2D eigenvalue weighted by atomic mass is 32.2. The highest BCUT2D eigenvalue weighted by Crippen LogP contribution is 2.28. The lowest BCUT2D eigenvalue weighted by Crippen LogP contribution is -2.39. The topological polar surface area (TPSA) is 86.1 Å². The van der Waals surface area contributed by atoms with Crippen molar-refractivity contribution in [1.82, 2.24) is 20.1 Å². The van der Waals surface area contributed by atoms with Crippen LogP contribution in [0.1, 0.15) is 39.0 Å². The first-order valence-corrected chi connectivity index (χ1v) is 12.9. The van der Waals surface area contributed by atoms with Crippen LogP contribution in [0.25, 0.3) is 17.1 Å². The van der Waals surface area contributed by atoms with Gasteiger partial charge in [-0.05, 0) is 62.1 Å². The Labute approximate surface area is 208 Å². The van der Waals surface area contributed by atoms with E-state index in [-0.39, 0.29) is 17.5 Å². The van der Waals surface area contributed by atoms with Crippen LogP contribution in [0, 0.1) is 11.7 Å². The first-order valence-electron chi connectivity index (χ1n) is 11.9. The Kier molecular flexibility index (Phi) is 8.52. The summed E-state index contributed by atoms with van der Waals surface area (Å²) < 4.78 is 20.6. The quantitative estimate of drug-likeness (QED) is 0.339. The van der Waals surface area contributed by atoms with Gasteiger partial charge in [0.25, 0.3) is 5.91 Å². The second-order valence-corrected chi connectivity index (χ2v) is 9.60. The fourth-order valence-electron chi connectivity index (χ4n) is 4.15. The van der Waals surface area contributed by atoms with Gasteiger partial charge in [0, 0.05) is 17.8 Å². The lowest BCUT2D eigenvalue weighted by molar-refractivity contribution is -0.152. The van der Waals surface area contributed by atoms with Crippen molar-refractivity contribution in [1.29, 1.82) is 0 Å². The first kappa shape index (κ1) is 24.9. The molecule has 1 saturated carbocycles. The number of hydrogen-bond acceptors (Lipinski definition) is 6. The molecule has 0 saturated heterocycles. The van der Waals surface area contributed by atoms with Gasteiger partial charge in [0.2, 0.25) is 0 Å². The van der Waals surface area contributed by atoms with E-state index in [4.69, 9.17) is 4.74 Å². The minimum absolute atomic E-state index is 0.0331. The molecule has 0 bridgehead atoms. The lowest BCUT2D eigenvalue weighted by atomic mass is 9.89. The smallest absolute Gasteiger partial charge is 0.317 e. The van der Waals surface area contributed by atoms with Crippen LogP contribution in [0.3, 0.4) is 0 Å². The van der Waals surface area contributed by atoms with Crippen molar-refractivity contribution in [2.24, 2.45) is 5.92 Å². The minimum atomic E-state index is -0.867. The Bertz CT molecular complexity index is 1130. The molecular formula is C26H29FN4O3S. The standard InChI is InChI=1S/C26H29FN4O3S/c1-18(25(33)28-16-19-8-4-2-5-9-19)34-23(32)17-35-26-30-29-24(20-12-14-21(27)15-13-20)31(26)22-10-6-3-7-11-22/h3,6-7,10-15,18-19H,2,4-5,8-9,16-17H2,1H3,(H,28,33). The van der Waals surface area contributed by atoms with Gasteiger partial charge in [0.05, 0.1) is 5.75 Å². The summed E-state index contributed by atoms with van der Waals surface area (Å²) in [6, 6.07) is 15.5. The van der Waals surface area contributed by atoms with Crippen molar-refractivity contribution in [3.63, 3.8) is 0 Å². The fourth-order valence-corrected chi connectivity index (χ4v) is 4.88. The Morgan fingerprint density at radius 2 is 1.80 bits per heavy atom. The van der Waals surface area contributed by atoms with E-state index in [1.165, 1.54) is 43.2 Å². The molecular weight excluding hydrogens is 467 g/mol. The van der Waals surface area contributed by atoms with E-state index in [9.17, 15) is 14.0 Å². The zero-order valence-electron chi connectivity index (χ0n) is 19.7. The number of nitrogens with one attached hydrogen (secondary N) is 1. The maximum Gasteiger partial charge on any atom is 0.317 e. The number of para-hydroxylation sites is 1. The van der Waals surface area contributed by atoms with Gasteiger partial charge in [-0.2, -0.15) is 0 Å². The molecule has 4 rings (SSSR count). The predicted molar refractivity (Wildman–Crippen MR) is 133 cm³/mol. The lowest BCUT2D eigenvalue weighted by Gasteiger charge is -2.22. The molecule has 0 aliphatic heterocycles. The van der Waals surface area contributed by atoms with Crippen LogP contribution >= 0.6 is 11.8 Å². The third-order valence-corrected chi connectivity index (χ3v) is 6.94. The number of hydrogen-bond donors (Lipinski definition) is 1. The van der Waals surface area contributed by atoms with E-state index in [0.717, 1.165) is 18.5 Å². The van der Waals surface area contributed by atoms with Crippen LogP contribution in [-0.2, 0) is 14.3 Å². The summed E-state index contributed by atoms with van der Waals surface area (Å²) in [6.45, 7) is 2.21. The second-order valence-electron chi connectivity index (χ2n) is 8.65. The largest absolute Gasteiger partial charge is 0.452 e. The van der Waals surface area contributed by atoms with Crippen molar-refractivity contribution < 1.29 is 18.7 Å². The summed E-state index contributed by atoms with van der Waals surface area (Å²) in [5.41, 5.74) is 1.50. The monoisotopic (exact) mass is 496 g/mol. The molecule has 184 valence electrons. The van der Waals surface area contributed by atoms with Crippen LogP contribution in [0.15, 0.2) is 59.8 Å². The van der Waals surface area contributed by atoms with E-state index >= 15 is 0 Å². The highest BCUT2D eigenvalue weighted by Gasteiger charge is 2.22. The van der Waals surface area contributed by atoms with E-state index in [1.54, 1.807) is 19.1 Å². The van der Waals surface area contributed by atoms with Gasteiger partial charge in [0.15, 0.2) is 17.1 Å². The van der Waals surface area contributed by atoms with Gasteiger partial charge >= 0.3 is 5.97 Å². The van der Waals surface area contributed by atoms with Gasteiger partial charge in [0.1, 0.15) is 5.82 Å². The van der Waals surface area contributed by atoms with Crippen molar-refractivity contribution >= 4 is 23.6 Å². The third-order valence-electron chi connectivity index (χ3n) is 6.04. The molecule has 2 aromatic carbocycles. The van der Waals surface area contributed by atoms with Gasteiger partial charge < -0.3 is 10.1 Å². The number of aromatic nitrogens is 3. The fraction of sp³-hybridized carbons (Fsp3) is 0.385. The summed E-state index contributed by atoms with van der Waals surface area (Å²) >= 11 is 1.17. The van der Waals surface area contributed by atoms with E-state index in [0.29, 0.717) is 29.0 Å². The molecule has 3 aromatic rings. The summed E-state index contributed by atoms with van der Waals surface area (Å²) in [5.74, 6) is -0.127. The molecule has 1 N–H and O–H groups in total. The highest BCUT2D eigenvalue weighted by molar-refractivity contribution is 7.99. The van der Waals surface area contributed by atoms with Gasteiger partial charge in [-0.15, -0.1) is 10.2 Å². The summed E-state index contributed by atoms with van der Waals surface area (Å²) in [4.78, 5) is 24.8. The second kappa shape index (κ2) is 12.0. The molecule has 1 atom stereocenters. The van der Waals surface area contributed by atoms with E-state index in [1.807, 2.05) is 34.9 Å². The average Bonchev–Trinajstić information content (AvgIpc) is 3.31. The molecule has 1 aromatic heterocycles. The normalized spacial score (nSPS) is 14.9. The number of thioether (sulfide) groups is 1. The maximum atomic E-state index is 13.4. The zero-order valence-corrected chi connectivity index (χ0v) is 20.5. The summed E-state index contributed by atoms with van der Waals surface area (Å²) in [6.07, 6.45) is 5.07. The van der Waals surface area contributed by atoms with E-state index in [2.05, 4.69) is 15.5 Å². The minimum Gasteiger partial charge on any atom is -0.452 e. The molecule has 9 heteroatoms. The third kappa shape index (κ3) is 6.69. The van der Waals surface area contributed by atoms with Crippen LogP contribution in [0.2, 0.25) is 0 Å². The SMILES string of the molecule is CC(OC(=O)CSc1nnc(-c2ccc(F)cc2)n1-c1ccccc1)C(=O)NCC1CCCCC1. The number of amides is 1. The van der Waals surface area contributed by atoms with Crippen LogP contribution in [0.4, 0.5) is 4.39 Å². The maximum absolute atomic E-state index is 13.4. The Morgan fingerprint density at radius 1 is 1.09 bits per heavy atom. The molecule has 1 amide bonds. The van der Waals surface area contributed by atoms with Crippen molar-refractivity contribution in [3.8, 4) is 17.1 Å². The van der Waals surface area contributed by atoms with Gasteiger partial charge in [-0.25, -0.2) is 4.39 Å². The number of nitrogens with zero attached hydrogens (tertiary/aromatic N) is 3. The molecule has 1 aliphatic carbocycles. The first-order chi connectivity index (χ1) is 17.0. The molecule has 1 heterocycles. The molecule has 1 fully saturated rings. The van der Waals surface area contributed by atoms with Gasteiger partial charge in [-0.3, -0.25) is 14.2 Å². The van der Waals surface area contributed by atoms with Crippen molar-refractivity contribution in [2.75, 3.05) is 12.3 Å². The van der Waals surface area contributed by atoms with Crippen LogP contribution < -0.4 is 5.32 Å². The molecule has 0 spiro atoms. The van der Waals surface area contributed by atoms with Crippen LogP contribution in [-0.4, -0.2) is 45.0 Å². The number of rotatable bonds is 9. The Hall–Kier alpha value is -3.20. The van der Waals surface area contributed by atoms with Crippen molar-refractivity contribution in [2.45, 2.75) is 50.3 Å². The predicted octanol–water partition coefficient (Wildman–Crippen LogP) is 4.79. The molecule has 1 aliphatic rings. The summed E-state index contributed by atoms with van der Waals surface area (Å²) in [7, 11) is 0. The number of carbonyl (C=O) groups excluding carboxylic acids is 2.